The zero-order valence-corrected chi connectivity index (χ0v) is 19.0. The summed E-state index contributed by atoms with van der Waals surface area (Å²) in [5.41, 5.74) is 6.13. The second-order valence-corrected chi connectivity index (χ2v) is 9.37. The Kier molecular flexibility index (Phi) is 4.32. The average molecular weight is 454 g/mol. The van der Waals surface area contributed by atoms with Crippen molar-refractivity contribution < 1.29 is 0 Å². The summed E-state index contributed by atoms with van der Waals surface area (Å²) in [6.07, 6.45) is 1.95. The van der Waals surface area contributed by atoms with Gasteiger partial charge in [0.15, 0.2) is 5.65 Å². The Hall–Kier alpha value is -4.28. The van der Waals surface area contributed by atoms with Crippen molar-refractivity contribution in [3.63, 3.8) is 0 Å². The Morgan fingerprint density at radius 3 is 2.24 bits per heavy atom. The van der Waals surface area contributed by atoms with Crippen LogP contribution in [0.1, 0.15) is 0 Å². The van der Waals surface area contributed by atoms with Crippen LogP contribution in [0.25, 0.3) is 59.5 Å². The molecule has 160 valence electrons. The molecule has 0 saturated carbocycles. The van der Waals surface area contributed by atoms with Gasteiger partial charge in [-0.25, -0.2) is 9.97 Å². The number of aromatic nitrogens is 3. The highest BCUT2D eigenvalue weighted by molar-refractivity contribution is 7.26. The molecule has 0 amide bonds. The van der Waals surface area contributed by atoms with E-state index in [0.29, 0.717) is 0 Å². The molecule has 34 heavy (non-hydrogen) atoms. The van der Waals surface area contributed by atoms with Crippen molar-refractivity contribution in [2.45, 2.75) is 0 Å². The number of pyridine rings is 1. The number of benzene rings is 4. The number of rotatable bonds is 3. The first kappa shape index (κ1) is 19.2. The average Bonchev–Trinajstić information content (AvgIpc) is 3.48. The third-order valence-electron chi connectivity index (χ3n) is 6.26. The summed E-state index contributed by atoms with van der Waals surface area (Å²) in [5.74, 6) is 0.913. The fourth-order valence-corrected chi connectivity index (χ4v) is 5.89. The van der Waals surface area contributed by atoms with E-state index in [1.807, 2.05) is 29.7 Å². The maximum Gasteiger partial charge on any atom is 0.164 e. The van der Waals surface area contributed by atoms with E-state index in [-0.39, 0.29) is 0 Å². The van der Waals surface area contributed by atoms with Crippen LogP contribution in [-0.2, 0) is 0 Å². The molecule has 3 aromatic heterocycles. The maximum atomic E-state index is 5.17. The van der Waals surface area contributed by atoms with Gasteiger partial charge in [0.05, 0.1) is 0 Å². The van der Waals surface area contributed by atoms with Gasteiger partial charge in [0, 0.05) is 43.2 Å². The molecule has 3 heterocycles. The van der Waals surface area contributed by atoms with E-state index in [2.05, 4.69) is 102 Å². The van der Waals surface area contributed by atoms with Crippen LogP contribution in [-0.4, -0.2) is 14.5 Å². The molecular formula is C30H19N3S. The van der Waals surface area contributed by atoms with Crippen LogP contribution in [0.5, 0.6) is 0 Å². The zero-order valence-electron chi connectivity index (χ0n) is 18.2. The summed E-state index contributed by atoms with van der Waals surface area (Å²) in [6.45, 7) is 0. The van der Waals surface area contributed by atoms with Crippen LogP contribution in [0.2, 0.25) is 0 Å². The van der Waals surface area contributed by atoms with Crippen LogP contribution < -0.4 is 0 Å². The molecule has 0 spiro atoms. The van der Waals surface area contributed by atoms with Crippen molar-refractivity contribution in [3.05, 3.63) is 115 Å². The number of thiophene rings is 1. The maximum absolute atomic E-state index is 5.17. The van der Waals surface area contributed by atoms with E-state index in [4.69, 9.17) is 9.97 Å². The summed E-state index contributed by atoms with van der Waals surface area (Å²) < 4.78 is 4.72. The van der Waals surface area contributed by atoms with Gasteiger partial charge in [-0.1, -0.05) is 78.9 Å². The topological polar surface area (TPSA) is 30.7 Å². The second-order valence-electron chi connectivity index (χ2n) is 8.32. The van der Waals surface area contributed by atoms with Crippen molar-refractivity contribution in [1.29, 1.82) is 0 Å². The predicted octanol–water partition coefficient (Wildman–Crippen LogP) is 8.12. The van der Waals surface area contributed by atoms with Gasteiger partial charge in [-0.05, 0) is 35.9 Å². The molecule has 7 aromatic rings. The van der Waals surface area contributed by atoms with Gasteiger partial charge < -0.3 is 0 Å². The number of hydrogen-bond acceptors (Lipinski definition) is 3. The second kappa shape index (κ2) is 7.65. The molecule has 0 N–H and O–H groups in total. The first-order valence-electron chi connectivity index (χ1n) is 11.3. The van der Waals surface area contributed by atoms with E-state index in [9.17, 15) is 0 Å². The molecular weight excluding hydrogens is 434 g/mol. The van der Waals surface area contributed by atoms with Crippen molar-refractivity contribution in [1.82, 2.24) is 14.5 Å². The van der Waals surface area contributed by atoms with E-state index < -0.39 is 0 Å². The molecule has 4 heteroatoms. The molecule has 0 bridgehead atoms. The zero-order chi connectivity index (χ0) is 22.5. The van der Waals surface area contributed by atoms with Crippen molar-refractivity contribution in [2.24, 2.45) is 0 Å². The fourth-order valence-electron chi connectivity index (χ4n) is 4.68. The van der Waals surface area contributed by atoms with Gasteiger partial charge in [-0.15, -0.1) is 11.3 Å². The normalized spacial score (nSPS) is 11.5. The SMILES string of the molecule is c1ccc(-c2cnc3c(c2)nc(-c2cccc4c2sc2ccccc24)n3-c2ccccc2)cc1. The summed E-state index contributed by atoms with van der Waals surface area (Å²) >= 11 is 1.82. The Labute approximate surface area is 200 Å². The quantitative estimate of drug-likeness (QED) is 0.270. The monoisotopic (exact) mass is 453 g/mol. The fraction of sp³-hybridized carbons (Fsp3) is 0. The number of nitrogens with zero attached hydrogens (tertiary/aromatic N) is 3. The molecule has 3 nitrogen and oxygen atoms in total. The van der Waals surface area contributed by atoms with Crippen molar-refractivity contribution in [3.8, 4) is 28.2 Å². The minimum absolute atomic E-state index is 0.860. The Bertz CT molecular complexity index is 1800. The van der Waals surface area contributed by atoms with Crippen LogP contribution in [0, 0.1) is 0 Å². The van der Waals surface area contributed by atoms with Crippen LogP contribution in [0.3, 0.4) is 0 Å². The number of para-hydroxylation sites is 1. The third-order valence-corrected chi connectivity index (χ3v) is 7.48. The van der Waals surface area contributed by atoms with Gasteiger partial charge >= 0.3 is 0 Å². The summed E-state index contributed by atoms with van der Waals surface area (Å²) in [4.78, 5) is 10.1. The predicted molar refractivity (Wildman–Crippen MR) is 143 cm³/mol. The van der Waals surface area contributed by atoms with Gasteiger partial charge in [-0.2, -0.15) is 0 Å². The number of imidazole rings is 1. The van der Waals surface area contributed by atoms with Gasteiger partial charge in [-0.3, -0.25) is 4.57 Å². The molecule has 7 rings (SSSR count). The Balaban J connectivity index is 1.54. The van der Waals surface area contributed by atoms with Crippen LogP contribution >= 0.6 is 11.3 Å². The highest BCUT2D eigenvalue weighted by Gasteiger charge is 2.19. The van der Waals surface area contributed by atoms with Crippen molar-refractivity contribution >= 4 is 42.7 Å². The molecule has 0 atom stereocenters. The number of fused-ring (bicyclic) bond motifs is 4. The third kappa shape index (κ3) is 2.96. The van der Waals surface area contributed by atoms with E-state index in [1.54, 1.807) is 0 Å². The molecule has 0 saturated heterocycles. The Morgan fingerprint density at radius 2 is 1.38 bits per heavy atom. The largest absolute Gasteiger partial charge is 0.277 e. The lowest BCUT2D eigenvalue weighted by Crippen LogP contribution is -1.98. The molecule has 0 aliphatic carbocycles. The lowest BCUT2D eigenvalue weighted by atomic mass is 10.1. The highest BCUT2D eigenvalue weighted by atomic mass is 32.1. The van der Waals surface area contributed by atoms with E-state index in [0.717, 1.165) is 39.4 Å². The van der Waals surface area contributed by atoms with Gasteiger partial charge in [0.1, 0.15) is 11.3 Å². The van der Waals surface area contributed by atoms with Gasteiger partial charge in [0.2, 0.25) is 0 Å². The molecule has 0 fully saturated rings. The minimum Gasteiger partial charge on any atom is -0.277 e. The smallest absolute Gasteiger partial charge is 0.164 e. The minimum atomic E-state index is 0.860. The molecule has 0 unspecified atom stereocenters. The highest BCUT2D eigenvalue weighted by Crippen LogP contribution is 2.41. The number of hydrogen-bond donors (Lipinski definition) is 0. The first-order valence-corrected chi connectivity index (χ1v) is 12.1. The molecule has 4 aromatic carbocycles. The summed E-state index contributed by atoms with van der Waals surface area (Å²) in [6, 6.07) is 38.0. The van der Waals surface area contributed by atoms with Crippen molar-refractivity contribution in [2.75, 3.05) is 0 Å². The molecule has 0 aliphatic heterocycles. The molecule has 0 radical (unpaired) electrons. The summed E-state index contributed by atoms with van der Waals surface area (Å²) in [5, 5.41) is 2.55. The standard InChI is InChI=1S/C30H19N3S/c1-3-10-20(11-4-1)21-18-26-30(31-19-21)33(22-12-5-2-6-13-22)29(32-26)25-16-9-15-24-23-14-7-8-17-27(23)34-28(24)25/h1-19H. The van der Waals surface area contributed by atoms with E-state index >= 15 is 0 Å². The first-order chi connectivity index (χ1) is 16.9. The lowest BCUT2D eigenvalue weighted by molar-refractivity contribution is 1.08. The Morgan fingerprint density at radius 1 is 0.647 bits per heavy atom. The van der Waals surface area contributed by atoms with Gasteiger partial charge in [0.25, 0.3) is 0 Å². The van der Waals surface area contributed by atoms with Crippen LogP contribution in [0.4, 0.5) is 0 Å². The molecule has 0 aliphatic rings. The lowest BCUT2D eigenvalue weighted by Gasteiger charge is -2.10. The van der Waals surface area contributed by atoms with E-state index in [1.165, 1.54) is 20.2 Å². The summed E-state index contributed by atoms with van der Waals surface area (Å²) in [7, 11) is 0. The van der Waals surface area contributed by atoms with Crippen LogP contribution in [0.15, 0.2) is 115 Å².